The summed E-state index contributed by atoms with van der Waals surface area (Å²) < 4.78 is 10.0. The van der Waals surface area contributed by atoms with E-state index in [-0.39, 0.29) is 11.8 Å². The Bertz CT molecular complexity index is 507. The summed E-state index contributed by atoms with van der Waals surface area (Å²) in [6.07, 6.45) is 0.392. The van der Waals surface area contributed by atoms with Gasteiger partial charge in [0.1, 0.15) is 5.75 Å². The number of hydrogen-bond acceptors (Lipinski definition) is 4. The van der Waals surface area contributed by atoms with Gasteiger partial charge in [-0.15, -0.1) is 0 Å². The summed E-state index contributed by atoms with van der Waals surface area (Å²) >= 11 is 0. The van der Waals surface area contributed by atoms with Crippen LogP contribution in [-0.4, -0.2) is 68.6 Å². The lowest BCUT2D eigenvalue weighted by Gasteiger charge is -2.34. The second-order valence-corrected chi connectivity index (χ2v) is 5.14. The van der Waals surface area contributed by atoms with Crippen LogP contribution in [0.5, 0.6) is 5.75 Å². The molecular weight excluding hydrogens is 284 g/mol. The Balaban J connectivity index is 1.87. The van der Waals surface area contributed by atoms with E-state index in [4.69, 9.17) is 9.47 Å². The van der Waals surface area contributed by atoms with Crippen LogP contribution in [0.3, 0.4) is 0 Å². The number of methoxy groups -OCH3 is 2. The summed E-state index contributed by atoms with van der Waals surface area (Å²) in [6, 6.07) is 7.07. The Morgan fingerprint density at radius 1 is 1.00 bits per heavy atom. The maximum atomic E-state index is 12.4. The van der Waals surface area contributed by atoms with Crippen molar-refractivity contribution in [2.45, 2.75) is 6.42 Å². The lowest BCUT2D eigenvalue weighted by molar-refractivity contribution is -0.133. The molecule has 1 aromatic carbocycles. The largest absolute Gasteiger partial charge is 0.497 e. The van der Waals surface area contributed by atoms with Gasteiger partial charge in [-0.3, -0.25) is 9.59 Å². The predicted molar refractivity (Wildman–Crippen MR) is 82.0 cm³/mol. The molecule has 0 aliphatic carbocycles. The van der Waals surface area contributed by atoms with E-state index in [9.17, 15) is 9.59 Å². The zero-order valence-electron chi connectivity index (χ0n) is 13.1. The predicted octanol–water partition coefficient (Wildman–Crippen LogP) is 1.02. The van der Waals surface area contributed by atoms with Gasteiger partial charge in [0.15, 0.2) is 0 Å². The third-order valence-corrected chi connectivity index (χ3v) is 3.78. The molecule has 22 heavy (non-hydrogen) atoms. The van der Waals surface area contributed by atoms with E-state index in [2.05, 4.69) is 0 Å². The molecule has 1 aliphatic rings. The van der Waals surface area contributed by atoms with Crippen LogP contribution in [0.1, 0.15) is 16.8 Å². The lowest BCUT2D eigenvalue weighted by atomic mass is 10.1. The van der Waals surface area contributed by atoms with Crippen LogP contribution in [-0.2, 0) is 9.53 Å². The first-order valence-electron chi connectivity index (χ1n) is 7.35. The van der Waals surface area contributed by atoms with Gasteiger partial charge in [0.25, 0.3) is 5.91 Å². The molecule has 0 saturated carbocycles. The third kappa shape index (κ3) is 3.98. The molecule has 0 spiro atoms. The number of benzene rings is 1. The van der Waals surface area contributed by atoms with Crippen molar-refractivity contribution in [1.82, 2.24) is 9.80 Å². The molecule has 1 heterocycles. The Morgan fingerprint density at radius 3 is 2.14 bits per heavy atom. The molecule has 6 nitrogen and oxygen atoms in total. The van der Waals surface area contributed by atoms with Crippen LogP contribution < -0.4 is 4.74 Å². The number of carbonyl (C=O) groups is 2. The van der Waals surface area contributed by atoms with Crippen molar-refractivity contribution in [3.63, 3.8) is 0 Å². The number of nitrogens with zero attached hydrogens (tertiary/aromatic N) is 2. The van der Waals surface area contributed by atoms with Crippen molar-refractivity contribution in [1.29, 1.82) is 0 Å². The molecule has 0 N–H and O–H groups in total. The standard InChI is InChI=1S/C16H22N2O4/c1-21-12-7-15(19)17-8-10-18(11-9-17)16(20)13-3-5-14(22-2)6-4-13/h3-6H,7-12H2,1-2H3. The average molecular weight is 306 g/mol. The molecule has 0 atom stereocenters. The fourth-order valence-electron chi connectivity index (χ4n) is 2.42. The molecule has 6 heteroatoms. The first-order chi connectivity index (χ1) is 10.7. The minimum absolute atomic E-state index is 0.00774. The highest BCUT2D eigenvalue weighted by molar-refractivity contribution is 5.94. The van der Waals surface area contributed by atoms with Crippen molar-refractivity contribution >= 4 is 11.8 Å². The first-order valence-corrected chi connectivity index (χ1v) is 7.35. The fraction of sp³-hybridized carbons (Fsp3) is 0.500. The fourth-order valence-corrected chi connectivity index (χ4v) is 2.42. The minimum atomic E-state index is -0.00774. The number of piperazine rings is 1. The topological polar surface area (TPSA) is 59.1 Å². The quantitative estimate of drug-likeness (QED) is 0.815. The van der Waals surface area contributed by atoms with E-state index in [0.29, 0.717) is 44.8 Å². The summed E-state index contributed by atoms with van der Waals surface area (Å²) in [4.78, 5) is 27.9. The van der Waals surface area contributed by atoms with Crippen LogP contribution >= 0.6 is 0 Å². The minimum Gasteiger partial charge on any atom is -0.497 e. The molecule has 120 valence electrons. The molecule has 1 aliphatic heterocycles. The smallest absolute Gasteiger partial charge is 0.253 e. The van der Waals surface area contributed by atoms with Crippen LogP contribution in [0.2, 0.25) is 0 Å². The molecule has 1 aromatic rings. The summed E-state index contributed by atoms with van der Waals surface area (Å²) in [5.41, 5.74) is 0.639. The van der Waals surface area contributed by atoms with E-state index >= 15 is 0 Å². The molecule has 1 saturated heterocycles. The molecule has 2 amide bonds. The number of ether oxygens (including phenoxy) is 2. The summed E-state index contributed by atoms with van der Waals surface area (Å²) in [5.74, 6) is 0.801. The van der Waals surface area contributed by atoms with Gasteiger partial charge >= 0.3 is 0 Å². The number of carbonyl (C=O) groups excluding carboxylic acids is 2. The Kier molecular flexibility index (Phi) is 5.77. The summed E-state index contributed by atoms with van der Waals surface area (Å²) in [7, 11) is 3.18. The van der Waals surface area contributed by atoms with Gasteiger partial charge in [-0.25, -0.2) is 0 Å². The number of hydrogen-bond donors (Lipinski definition) is 0. The Hall–Kier alpha value is -2.08. The number of amides is 2. The zero-order valence-corrected chi connectivity index (χ0v) is 13.1. The van der Waals surface area contributed by atoms with Gasteiger partial charge in [-0.05, 0) is 24.3 Å². The summed E-state index contributed by atoms with van der Waals surface area (Å²) in [6.45, 7) is 2.70. The van der Waals surface area contributed by atoms with E-state index in [0.717, 1.165) is 5.75 Å². The number of rotatable bonds is 5. The van der Waals surface area contributed by atoms with Crippen molar-refractivity contribution in [2.24, 2.45) is 0 Å². The Morgan fingerprint density at radius 2 is 1.59 bits per heavy atom. The van der Waals surface area contributed by atoms with Crippen LogP contribution in [0.15, 0.2) is 24.3 Å². The maximum absolute atomic E-state index is 12.4. The van der Waals surface area contributed by atoms with Gasteiger partial charge in [0.2, 0.25) is 5.91 Å². The van der Waals surface area contributed by atoms with Gasteiger partial charge < -0.3 is 19.3 Å². The van der Waals surface area contributed by atoms with Crippen LogP contribution in [0, 0.1) is 0 Å². The van der Waals surface area contributed by atoms with Gasteiger partial charge in [-0.2, -0.15) is 0 Å². The molecule has 0 radical (unpaired) electrons. The molecule has 0 aromatic heterocycles. The van der Waals surface area contributed by atoms with Crippen molar-refractivity contribution in [2.75, 3.05) is 47.0 Å². The highest BCUT2D eigenvalue weighted by Crippen LogP contribution is 2.14. The van der Waals surface area contributed by atoms with Gasteiger partial charge in [0.05, 0.1) is 20.1 Å². The summed E-state index contributed by atoms with van der Waals surface area (Å²) in [5, 5.41) is 0. The molecular formula is C16H22N2O4. The maximum Gasteiger partial charge on any atom is 0.253 e. The highest BCUT2D eigenvalue weighted by atomic mass is 16.5. The van der Waals surface area contributed by atoms with E-state index in [1.807, 2.05) is 0 Å². The van der Waals surface area contributed by atoms with Crippen molar-refractivity contribution < 1.29 is 19.1 Å². The second-order valence-electron chi connectivity index (χ2n) is 5.14. The van der Waals surface area contributed by atoms with Crippen LogP contribution in [0.25, 0.3) is 0 Å². The molecule has 2 rings (SSSR count). The SMILES string of the molecule is COCCC(=O)N1CCN(C(=O)c2ccc(OC)cc2)CC1. The monoisotopic (exact) mass is 306 g/mol. The molecule has 0 unspecified atom stereocenters. The molecule has 0 bridgehead atoms. The van der Waals surface area contributed by atoms with Crippen molar-refractivity contribution in [3.8, 4) is 5.75 Å². The van der Waals surface area contributed by atoms with E-state index in [1.54, 1.807) is 48.3 Å². The van der Waals surface area contributed by atoms with Crippen molar-refractivity contribution in [3.05, 3.63) is 29.8 Å². The van der Waals surface area contributed by atoms with E-state index < -0.39 is 0 Å². The molecule has 1 fully saturated rings. The van der Waals surface area contributed by atoms with Gasteiger partial charge in [0, 0.05) is 38.9 Å². The zero-order chi connectivity index (χ0) is 15.9. The highest BCUT2D eigenvalue weighted by Gasteiger charge is 2.24. The second kappa shape index (κ2) is 7.79. The first kappa shape index (κ1) is 16.3. The average Bonchev–Trinajstić information content (AvgIpc) is 2.59. The Labute approximate surface area is 130 Å². The van der Waals surface area contributed by atoms with E-state index in [1.165, 1.54) is 0 Å². The van der Waals surface area contributed by atoms with Gasteiger partial charge in [-0.1, -0.05) is 0 Å². The third-order valence-electron chi connectivity index (χ3n) is 3.78. The van der Waals surface area contributed by atoms with Crippen LogP contribution in [0.4, 0.5) is 0 Å². The normalized spacial score (nSPS) is 14.8. The lowest BCUT2D eigenvalue weighted by Crippen LogP contribution is -2.50.